The summed E-state index contributed by atoms with van der Waals surface area (Å²) in [5, 5.41) is 0. The Morgan fingerprint density at radius 3 is 1.50 bits per heavy atom. The van der Waals surface area contributed by atoms with Crippen molar-refractivity contribution >= 4 is 8.78 Å². The summed E-state index contributed by atoms with van der Waals surface area (Å²) in [6.45, 7) is 0. The van der Waals surface area contributed by atoms with Crippen LogP contribution in [0.4, 0.5) is 0 Å². The Bertz CT molecular complexity index is 1630. The van der Waals surface area contributed by atoms with Gasteiger partial charge in [-0.05, 0) is 0 Å². The van der Waals surface area contributed by atoms with Gasteiger partial charge in [-0.15, -0.1) is 0 Å². The third kappa shape index (κ3) is 5.08. The van der Waals surface area contributed by atoms with E-state index >= 15 is 0 Å². The summed E-state index contributed by atoms with van der Waals surface area (Å²) >= 11 is -2.73. The molecule has 0 radical (unpaired) electrons. The van der Waals surface area contributed by atoms with E-state index in [1.165, 1.54) is 44.5 Å². The third-order valence-corrected chi connectivity index (χ3v) is 16.3. The van der Waals surface area contributed by atoms with Gasteiger partial charge in [-0.2, -0.15) is 0 Å². The summed E-state index contributed by atoms with van der Waals surface area (Å²) in [6, 6.07) is 51.8. The van der Waals surface area contributed by atoms with Crippen LogP contribution in [0, 0.1) is 0 Å². The Kier molecular flexibility index (Phi) is 8.97. The fourth-order valence-corrected chi connectivity index (χ4v) is 15.8. The first-order valence-electron chi connectivity index (χ1n) is 13.4. The Balaban J connectivity index is 0.00000161. The first-order chi connectivity index (χ1) is 18.9. The Labute approximate surface area is 257 Å². The molecule has 40 heavy (non-hydrogen) atoms. The van der Waals surface area contributed by atoms with E-state index in [0.29, 0.717) is 3.63 Å². The van der Waals surface area contributed by atoms with Crippen LogP contribution in [-0.4, -0.2) is 3.21 Å². The van der Waals surface area contributed by atoms with Crippen molar-refractivity contribution in [2.45, 2.75) is 10.0 Å². The smallest absolute Gasteiger partial charge is 1.00 e. The average molecular weight is 635 g/mol. The second-order valence-electron chi connectivity index (χ2n) is 9.99. The van der Waals surface area contributed by atoms with E-state index in [1.807, 2.05) is 0 Å². The molecule has 0 saturated heterocycles. The number of hydrogen-bond acceptors (Lipinski definition) is 0. The molecular formula is C37H28Cl2Zr. The second kappa shape index (κ2) is 12.6. The predicted molar refractivity (Wildman–Crippen MR) is 157 cm³/mol. The molecule has 0 unspecified atom stereocenters. The molecule has 194 valence electrons. The Hall–Kier alpha value is -3.09. The van der Waals surface area contributed by atoms with Gasteiger partial charge in [0, 0.05) is 0 Å². The quantitative estimate of drug-likeness (QED) is 0.279. The van der Waals surface area contributed by atoms with Gasteiger partial charge in [0.05, 0.1) is 0 Å². The van der Waals surface area contributed by atoms with Gasteiger partial charge in [0.25, 0.3) is 0 Å². The van der Waals surface area contributed by atoms with E-state index in [0.717, 1.165) is 6.42 Å². The van der Waals surface area contributed by atoms with Crippen molar-refractivity contribution in [3.63, 3.8) is 0 Å². The fraction of sp³-hybridized carbons (Fsp3) is 0.0541. The molecule has 0 nitrogen and oxygen atoms in total. The van der Waals surface area contributed by atoms with Crippen LogP contribution in [-0.2, 0) is 21.3 Å². The van der Waals surface area contributed by atoms with Crippen molar-refractivity contribution in [2.24, 2.45) is 0 Å². The van der Waals surface area contributed by atoms with Crippen LogP contribution in [0.2, 0.25) is 0 Å². The molecule has 0 N–H and O–H groups in total. The minimum atomic E-state index is -2.73. The summed E-state index contributed by atoms with van der Waals surface area (Å²) in [4.78, 5) is 0. The molecule has 7 rings (SSSR count). The van der Waals surface area contributed by atoms with Gasteiger partial charge in [0.1, 0.15) is 0 Å². The maximum absolute atomic E-state index is 2.73. The maximum Gasteiger partial charge on any atom is -1.00 e. The molecule has 2 aliphatic rings. The molecular weight excluding hydrogens is 607 g/mol. The average Bonchev–Trinajstić information content (AvgIpc) is 3.61. The first kappa shape index (κ1) is 28.4. The summed E-state index contributed by atoms with van der Waals surface area (Å²) in [5.41, 5.74) is 11.4. The van der Waals surface area contributed by atoms with Crippen molar-refractivity contribution in [3.05, 3.63) is 183 Å². The molecule has 0 heterocycles. The summed E-state index contributed by atoms with van der Waals surface area (Å²) in [7, 11) is 0. The number of allylic oxidation sites excluding steroid dienone is 4. The molecule has 2 aliphatic carbocycles. The van der Waals surface area contributed by atoms with Crippen LogP contribution < -0.4 is 24.8 Å². The summed E-state index contributed by atoms with van der Waals surface area (Å²) in [5.74, 6) is 0. The molecule has 0 spiro atoms. The van der Waals surface area contributed by atoms with E-state index in [4.69, 9.17) is 0 Å². The summed E-state index contributed by atoms with van der Waals surface area (Å²) in [6.07, 6.45) is 5.84. The topological polar surface area (TPSA) is 0 Å². The third-order valence-electron chi connectivity index (χ3n) is 7.86. The van der Waals surface area contributed by atoms with E-state index in [9.17, 15) is 0 Å². The van der Waals surface area contributed by atoms with E-state index < -0.39 is 21.3 Å². The normalized spacial score (nSPS) is 13.0. The van der Waals surface area contributed by atoms with Gasteiger partial charge in [0.15, 0.2) is 0 Å². The van der Waals surface area contributed by atoms with Crippen LogP contribution in [0.5, 0.6) is 0 Å². The van der Waals surface area contributed by atoms with E-state index in [2.05, 4.69) is 152 Å². The van der Waals surface area contributed by atoms with Crippen LogP contribution in [0.15, 0.2) is 155 Å². The zero-order chi connectivity index (χ0) is 25.3. The van der Waals surface area contributed by atoms with Gasteiger partial charge >= 0.3 is 234 Å². The first-order valence-corrected chi connectivity index (χ1v) is 17.3. The van der Waals surface area contributed by atoms with E-state index in [-0.39, 0.29) is 24.8 Å². The molecule has 0 atom stereocenters. The molecule has 0 bridgehead atoms. The van der Waals surface area contributed by atoms with Crippen molar-refractivity contribution in [3.8, 4) is 11.1 Å². The SMILES string of the molecule is C1=CC(c2ccccc2)=[C]([Zr+2](=[C](c2ccccc2)c2ccccc2)[CH]2c3ccccc3-c3ccccc32)C1.[Cl-].[Cl-]. The molecule has 5 aromatic carbocycles. The maximum atomic E-state index is 2.40. The van der Waals surface area contributed by atoms with E-state index in [1.54, 1.807) is 6.49 Å². The van der Waals surface area contributed by atoms with Crippen molar-refractivity contribution in [1.82, 2.24) is 0 Å². The standard InChI is InChI=1S/C13H9.C13H10.C11H9.2ClH.Zr/c1-3-7-12-10(5-1)9-11-6-2-4-8-13(11)12;1-3-7-12(8-4-1)11-13-9-5-2-6-10-13;1-2-6-10(7-3-1)11-8-4-5-9-11;;;/h1-9H;1-10H;1-4,6-8H,5H2;2*1H;/q;;;;;+2/p-2. The van der Waals surface area contributed by atoms with Gasteiger partial charge in [0.2, 0.25) is 0 Å². The Morgan fingerprint density at radius 2 is 0.975 bits per heavy atom. The van der Waals surface area contributed by atoms with Gasteiger partial charge in [-0.3, -0.25) is 0 Å². The zero-order valence-corrected chi connectivity index (χ0v) is 25.9. The molecule has 0 fully saturated rings. The number of hydrogen-bond donors (Lipinski definition) is 0. The fourth-order valence-electron chi connectivity index (χ4n) is 6.27. The van der Waals surface area contributed by atoms with Gasteiger partial charge in [-0.25, -0.2) is 0 Å². The zero-order valence-electron chi connectivity index (χ0n) is 22.0. The van der Waals surface area contributed by atoms with Crippen LogP contribution in [0.3, 0.4) is 0 Å². The van der Waals surface area contributed by atoms with Crippen molar-refractivity contribution < 1.29 is 46.1 Å². The van der Waals surface area contributed by atoms with Gasteiger partial charge in [-0.1, -0.05) is 0 Å². The largest absolute Gasteiger partial charge is 1.00 e. The number of fused-ring (bicyclic) bond motifs is 3. The van der Waals surface area contributed by atoms with Crippen LogP contribution in [0.1, 0.15) is 37.9 Å². The van der Waals surface area contributed by atoms with Crippen LogP contribution in [0.25, 0.3) is 16.7 Å². The predicted octanol–water partition coefficient (Wildman–Crippen LogP) is 3.02. The molecule has 0 aromatic heterocycles. The second-order valence-corrected chi connectivity index (χ2v) is 16.2. The molecule has 0 amide bonds. The van der Waals surface area contributed by atoms with Crippen molar-refractivity contribution in [2.75, 3.05) is 0 Å². The minimum Gasteiger partial charge on any atom is -1.00 e. The van der Waals surface area contributed by atoms with Crippen molar-refractivity contribution in [1.29, 1.82) is 0 Å². The number of halogens is 2. The Morgan fingerprint density at radius 1 is 0.525 bits per heavy atom. The number of benzene rings is 5. The number of rotatable bonds is 5. The molecule has 5 aromatic rings. The van der Waals surface area contributed by atoms with Crippen LogP contribution >= 0.6 is 0 Å². The molecule has 0 saturated carbocycles. The molecule has 0 aliphatic heterocycles. The summed E-state index contributed by atoms with van der Waals surface area (Å²) < 4.78 is 3.71. The van der Waals surface area contributed by atoms with Gasteiger partial charge < -0.3 is 24.8 Å². The minimum absolute atomic E-state index is 0. The molecule has 3 heteroatoms. The monoisotopic (exact) mass is 632 g/mol.